The van der Waals surface area contributed by atoms with Gasteiger partial charge in [-0.3, -0.25) is 9.98 Å². The van der Waals surface area contributed by atoms with Crippen molar-refractivity contribution in [2.75, 3.05) is 0 Å². The summed E-state index contributed by atoms with van der Waals surface area (Å²) in [4.78, 5) is 8.73. The Hall–Kier alpha value is -2.57. The van der Waals surface area contributed by atoms with Crippen LogP contribution in [0.3, 0.4) is 0 Å². The first-order valence-electron chi connectivity index (χ1n) is 6.54. The second-order valence-electron chi connectivity index (χ2n) is 4.76. The molecule has 0 spiro atoms. The molecule has 0 radical (unpaired) electrons. The third-order valence-corrected chi connectivity index (χ3v) is 4.07. The fourth-order valence-corrected chi connectivity index (χ4v) is 2.55. The van der Waals surface area contributed by atoms with Gasteiger partial charge in [0.1, 0.15) is 0 Å². The number of pyridine rings is 1. The zero-order valence-electron chi connectivity index (χ0n) is 11.5. The molecule has 110 valence electrons. The molecule has 0 aliphatic rings. The quantitative estimate of drug-likeness (QED) is 0.754. The predicted molar refractivity (Wildman–Crippen MR) is 86.8 cm³/mol. The van der Waals surface area contributed by atoms with Crippen molar-refractivity contribution in [2.45, 2.75) is 4.90 Å². The number of aliphatic imine (C=N–C) groups is 1. The Morgan fingerprint density at radius 2 is 1.77 bits per heavy atom. The van der Waals surface area contributed by atoms with E-state index in [2.05, 4.69) is 9.98 Å². The molecule has 5 nitrogen and oxygen atoms in total. The minimum absolute atomic E-state index is 0.0684. The first kappa shape index (κ1) is 14.4. The fourth-order valence-electron chi connectivity index (χ4n) is 2.03. The van der Waals surface area contributed by atoms with Crippen LogP contribution >= 0.6 is 0 Å². The van der Waals surface area contributed by atoms with Gasteiger partial charge >= 0.3 is 0 Å². The lowest BCUT2D eigenvalue weighted by Crippen LogP contribution is -2.11. The van der Waals surface area contributed by atoms with Crippen LogP contribution in [-0.4, -0.2) is 19.6 Å². The van der Waals surface area contributed by atoms with E-state index in [4.69, 9.17) is 5.14 Å². The topological polar surface area (TPSA) is 85.4 Å². The van der Waals surface area contributed by atoms with Crippen molar-refractivity contribution >= 4 is 32.8 Å². The van der Waals surface area contributed by atoms with Gasteiger partial charge in [-0.05, 0) is 36.4 Å². The van der Waals surface area contributed by atoms with Crippen molar-refractivity contribution in [3.8, 4) is 0 Å². The molecule has 0 fully saturated rings. The van der Waals surface area contributed by atoms with Crippen molar-refractivity contribution in [3.63, 3.8) is 0 Å². The Labute approximate surface area is 128 Å². The summed E-state index contributed by atoms with van der Waals surface area (Å²) < 4.78 is 22.4. The third kappa shape index (κ3) is 3.19. The number of nitrogens with two attached hydrogens (primary N) is 1. The van der Waals surface area contributed by atoms with Gasteiger partial charge in [-0.2, -0.15) is 0 Å². The van der Waals surface area contributed by atoms with Crippen LogP contribution in [0, 0.1) is 0 Å². The van der Waals surface area contributed by atoms with Gasteiger partial charge < -0.3 is 0 Å². The lowest BCUT2D eigenvalue weighted by Gasteiger charge is -1.99. The van der Waals surface area contributed by atoms with Gasteiger partial charge in [0.25, 0.3) is 0 Å². The zero-order valence-corrected chi connectivity index (χ0v) is 12.4. The maximum absolute atomic E-state index is 11.2. The normalized spacial score (nSPS) is 12.0. The molecular weight excluding hydrogens is 298 g/mol. The van der Waals surface area contributed by atoms with E-state index in [0.29, 0.717) is 5.69 Å². The molecule has 0 atom stereocenters. The van der Waals surface area contributed by atoms with Gasteiger partial charge in [-0.25, -0.2) is 13.6 Å². The van der Waals surface area contributed by atoms with E-state index >= 15 is 0 Å². The molecule has 0 bridgehead atoms. The van der Waals surface area contributed by atoms with Crippen molar-refractivity contribution in [2.24, 2.45) is 10.1 Å². The Kier molecular flexibility index (Phi) is 3.70. The summed E-state index contributed by atoms with van der Waals surface area (Å²) in [5.74, 6) is 0. The van der Waals surface area contributed by atoms with E-state index in [-0.39, 0.29) is 4.90 Å². The van der Waals surface area contributed by atoms with Crippen LogP contribution in [0.4, 0.5) is 5.69 Å². The Morgan fingerprint density at radius 3 is 2.50 bits per heavy atom. The maximum Gasteiger partial charge on any atom is 0.238 e. The van der Waals surface area contributed by atoms with Crippen molar-refractivity contribution in [1.29, 1.82) is 0 Å². The van der Waals surface area contributed by atoms with Crippen LogP contribution in [0.2, 0.25) is 0 Å². The van der Waals surface area contributed by atoms with E-state index in [1.807, 2.05) is 30.3 Å². The molecule has 0 saturated carbocycles. The number of hydrogen-bond acceptors (Lipinski definition) is 4. The predicted octanol–water partition coefficient (Wildman–Crippen LogP) is 2.63. The SMILES string of the molecule is NS(=O)(=O)c1ccc(N=Cc2cnc3ccccc3c2)cc1. The summed E-state index contributed by atoms with van der Waals surface area (Å²) in [6.45, 7) is 0. The standard InChI is InChI=1S/C16H13N3O2S/c17-22(20,21)15-7-5-14(6-8-15)18-10-12-9-13-3-1-2-4-16(13)19-11-12/h1-11H,(H2,17,20,21). The van der Waals surface area contributed by atoms with E-state index in [1.54, 1.807) is 24.5 Å². The van der Waals surface area contributed by atoms with Crippen LogP contribution in [0.5, 0.6) is 0 Å². The summed E-state index contributed by atoms with van der Waals surface area (Å²) in [6, 6.07) is 15.9. The number of fused-ring (bicyclic) bond motifs is 1. The lowest BCUT2D eigenvalue weighted by atomic mass is 10.2. The average molecular weight is 311 g/mol. The van der Waals surface area contributed by atoms with Gasteiger partial charge in [0, 0.05) is 23.4 Å². The van der Waals surface area contributed by atoms with Crippen LogP contribution in [0.25, 0.3) is 10.9 Å². The number of para-hydroxylation sites is 1. The molecule has 0 unspecified atom stereocenters. The lowest BCUT2D eigenvalue weighted by molar-refractivity contribution is 0.598. The van der Waals surface area contributed by atoms with Crippen molar-refractivity contribution in [3.05, 3.63) is 66.4 Å². The number of aromatic nitrogens is 1. The highest BCUT2D eigenvalue weighted by Gasteiger charge is 2.05. The highest BCUT2D eigenvalue weighted by molar-refractivity contribution is 7.89. The second kappa shape index (κ2) is 5.67. The zero-order chi connectivity index (χ0) is 15.6. The molecule has 2 N–H and O–H groups in total. The van der Waals surface area contributed by atoms with Crippen LogP contribution in [-0.2, 0) is 10.0 Å². The molecule has 0 aliphatic carbocycles. The van der Waals surface area contributed by atoms with Crippen LogP contribution in [0.15, 0.2) is 70.7 Å². The fraction of sp³-hybridized carbons (Fsp3) is 0. The summed E-state index contributed by atoms with van der Waals surface area (Å²) in [5.41, 5.74) is 2.44. The first-order chi connectivity index (χ1) is 10.5. The molecule has 1 heterocycles. The molecule has 3 rings (SSSR count). The van der Waals surface area contributed by atoms with Gasteiger partial charge in [0.05, 0.1) is 16.1 Å². The number of primary sulfonamides is 1. The minimum Gasteiger partial charge on any atom is -0.256 e. The van der Waals surface area contributed by atoms with E-state index < -0.39 is 10.0 Å². The molecule has 3 aromatic rings. The number of nitrogens with zero attached hydrogens (tertiary/aromatic N) is 2. The molecule has 0 saturated heterocycles. The smallest absolute Gasteiger partial charge is 0.238 e. The van der Waals surface area contributed by atoms with Crippen LogP contribution < -0.4 is 5.14 Å². The molecule has 0 aliphatic heterocycles. The van der Waals surface area contributed by atoms with Gasteiger partial charge in [-0.15, -0.1) is 0 Å². The first-order valence-corrected chi connectivity index (χ1v) is 8.09. The molecule has 1 aromatic heterocycles. The van der Waals surface area contributed by atoms with Gasteiger partial charge in [0.15, 0.2) is 0 Å². The maximum atomic E-state index is 11.2. The van der Waals surface area contributed by atoms with E-state index in [9.17, 15) is 8.42 Å². The van der Waals surface area contributed by atoms with Gasteiger partial charge in [-0.1, -0.05) is 18.2 Å². The Morgan fingerprint density at radius 1 is 1.05 bits per heavy atom. The summed E-state index contributed by atoms with van der Waals surface area (Å²) in [7, 11) is -3.67. The summed E-state index contributed by atoms with van der Waals surface area (Å²) in [6.07, 6.45) is 3.43. The monoisotopic (exact) mass is 311 g/mol. The van der Waals surface area contributed by atoms with Crippen LogP contribution in [0.1, 0.15) is 5.56 Å². The van der Waals surface area contributed by atoms with Crippen molar-refractivity contribution in [1.82, 2.24) is 4.98 Å². The highest BCUT2D eigenvalue weighted by atomic mass is 32.2. The number of benzene rings is 2. The Balaban J connectivity index is 1.86. The Bertz CT molecular complexity index is 949. The molecule has 6 heteroatoms. The molecule has 22 heavy (non-hydrogen) atoms. The molecule has 0 amide bonds. The number of sulfonamides is 1. The summed E-state index contributed by atoms with van der Waals surface area (Å²) in [5, 5.41) is 6.09. The number of hydrogen-bond donors (Lipinski definition) is 1. The third-order valence-electron chi connectivity index (χ3n) is 3.14. The number of rotatable bonds is 3. The minimum atomic E-state index is -3.67. The second-order valence-corrected chi connectivity index (χ2v) is 6.32. The van der Waals surface area contributed by atoms with E-state index in [0.717, 1.165) is 16.5 Å². The van der Waals surface area contributed by atoms with Gasteiger partial charge in [0.2, 0.25) is 10.0 Å². The summed E-state index contributed by atoms with van der Waals surface area (Å²) >= 11 is 0. The highest BCUT2D eigenvalue weighted by Crippen LogP contribution is 2.16. The van der Waals surface area contributed by atoms with Crippen molar-refractivity contribution < 1.29 is 8.42 Å². The van der Waals surface area contributed by atoms with E-state index in [1.165, 1.54) is 12.1 Å². The molecular formula is C16H13N3O2S. The molecule has 2 aromatic carbocycles. The average Bonchev–Trinajstić information content (AvgIpc) is 2.52. The largest absolute Gasteiger partial charge is 0.256 e.